The first-order valence-corrected chi connectivity index (χ1v) is 12.8. The molecule has 0 amide bonds. The van der Waals surface area contributed by atoms with Gasteiger partial charge in [-0.1, -0.05) is 84.9 Å². The van der Waals surface area contributed by atoms with E-state index in [1.165, 1.54) is 6.92 Å². The number of carbonyl (C=O) groups is 2. The van der Waals surface area contributed by atoms with Crippen LogP contribution in [0.5, 0.6) is 11.5 Å². The molecule has 0 fully saturated rings. The molecule has 0 aliphatic carbocycles. The number of hydrogen-bond donors (Lipinski definition) is 0. The summed E-state index contributed by atoms with van der Waals surface area (Å²) in [4.78, 5) is 24.6. The second-order valence-corrected chi connectivity index (χ2v) is 9.30. The van der Waals surface area contributed by atoms with Gasteiger partial charge in [-0.15, -0.1) is 0 Å². The summed E-state index contributed by atoms with van der Waals surface area (Å²) < 4.78 is 11.5. The molecule has 0 aliphatic heterocycles. The van der Waals surface area contributed by atoms with Crippen molar-refractivity contribution in [2.24, 2.45) is 0 Å². The summed E-state index contributed by atoms with van der Waals surface area (Å²) in [5, 5.41) is 0. The molecule has 0 aromatic heterocycles. The fraction of sp³-hybridized carbons (Fsp3) is 0.0857. The van der Waals surface area contributed by atoms with Crippen LogP contribution in [0, 0.1) is 0 Å². The second-order valence-electron chi connectivity index (χ2n) is 9.30. The summed E-state index contributed by atoms with van der Waals surface area (Å²) in [5.41, 5.74) is 7.09. The number of ether oxygens (including phenoxy) is 2. The van der Waals surface area contributed by atoms with Gasteiger partial charge >= 0.3 is 5.97 Å². The maximum Gasteiger partial charge on any atom is 0.343 e. The Balaban J connectivity index is 1.46. The molecule has 5 rings (SSSR count). The molecule has 0 saturated heterocycles. The molecule has 0 radical (unpaired) electrons. The van der Waals surface area contributed by atoms with Crippen LogP contribution in [0.15, 0.2) is 121 Å². The van der Waals surface area contributed by atoms with E-state index in [-0.39, 0.29) is 5.78 Å². The smallest absolute Gasteiger partial charge is 0.343 e. The van der Waals surface area contributed by atoms with E-state index in [4.69, 9.17) is 9.47 Å². The van der Waals surface area contributed by atoms with Crippen molar-refractivity contribution in [2.45, 2.75) is 13.3 Å². The van der Waals surface area contributed by atoms with E-state index in [0.29, 0.717) is 23.3 Å². The number of ketones is 1. The normalized spacial score (nSPS) is 10.6. The summed E-state index contributed by atoms with van der Waals surface area (Å²) in [5.74, 6) is 0.779. The lowest BCUT2D eigenvalue weighted by Gasteiger charge is -2.14. The van der Waals surface area contributed by atoms with Crippen LogP contribution in [0.25, 0.3) is 22.3 Å². The third kappa shape index (κ3) is 5.97. The highest BCUT2D eigenvalue weighted by atomic mass is 16.5. The molecule has 192 valence electrons. The van der Waals surface area contributed by atoms with E-state index < -0.39 is 5.97 Å². The zero-order valence-corrected chi connectivity index (χ0v) is 21.9. The molecule has 5 aromatic rings. The van der Waals surface area contributed by atoms with E-state index in [1.54, 1.807) is 31.4 Å². The highest BCUT2D eigenvalue weighted by Crippen LogP contribution is 2.34. The summed E-state index contributed by atoms with van der Waals surface area (Å²) in [6, 6.07) is 38.7. The zero-order chi connectivity index (χ0) is 27.2. The molecule has 0 N–H and O–H groups in total. The van der Waals surface area contributed by atoms with E-state index in [9.17, 15) is 9.59 Å². The third-order valence-corrected chi connectivity index (χ3v) is 6.62. The van der Waals surface area contributed by atoms with Gasteiger partial charge in [0.1, 0.15) is 11.5 Å². The van der Waals surface area contributed by atoms with Crippen molar-refractivity contribution in [1.82, 2.24) is 0 Å². The number of esters is 1. The molecule has 0 bridgehead atoms. The van der Waals surface area contributed by atoms with Gasteiger partial charge in [0.05, 0.1) is 12.7 Å². The first kappa shape index (κ1) is 25.7. The molecular formula is C35H28O4. The molecule has 4 heteroatoms. The van der Waals surface area contributed by atoms with Gasteiger partial charge < -0.3 is 9.47 Å². The van der Waals surface area contributed by atoms with Crippen molar-refractivity contribution in [3.05, 3.63) is 144 Å². The van der Waals surface area contributed by atoms with Gasteiger partial charge in [-0.05, 0) is 72.0 Å². The Labute approximate surface area is 228 Å². The molecule has 0 saturated carbocycles. The Kier molecular flexibility index (Phi) is 7.65. The summed E-state index contributed by atoms with van der Waals surface area (Å²) in [6.45, 7) is 1.50. The van der Waals surface area contributed by atoms with E-state index >= 15 is 0 Å². The Morgan fingerprint density at radius 1 is 0.590 bits per heavy atom. The van der Waals surface area contributed by atoms with Gasteiger partial charge in [0.25, 0.3) is 0 Å². The number of rotatable bonds is 8. The molecule has 39 heavy (non-hydrogen) atoms. The first-order valence-electron chi connectivity index (χ1n) is 12.8. The molecule has 0 aliphatic rings. The highest BCUT2D eigenvalue weighted by Gasteiger charge is 2.15. The molecular weight excluding hydrogens is 484 g/mol. The number of methoxy groups -OCH3 is 1. The first-order chi connectivity index (χ1) is 19.0. The predicted molar refractivity (Wildman–Crippen MR) is 155 cm³/mol. The van der Waals surface area contributed by atoms with Crippen LogP contribution in [-0.2, 0) is 6.42 Å². The van der Waals surface area contributed by atoms with Gasteiger partial charge in [0.2, 0.25) is 0 Å². The maximum atomic E-state index is 13.0. The van der Waals surface area contributed by atoms with Crippen molar-refractivity contribution < 1.29 is 19.1 Å². The Morgan fingerprint density at radius 3 is 1.59 bits per heavy atom. The maximum absolute atomic E-state index is 13.0. The fourth-order valence-electron chi connectivity index (χ4n) is 4.56. The highest BCUT2D eigenvalue weighted by molar-refractivity contribution is 5.96. The van der Waals surface area contributed by atoms with Crippen LogP contribution in [0.3, 0.4) is 0 Å². The summed E-state index contributed by atoms with van der Waals surface area (Å²) >= 11 is 0. The van der Waals surface area contributed by atoms with Crippen LogP contribution >= 0.6 is 0 Å². The van der Waals surface area contributed by atoms with Crippen molar-refractivity contribution in [1.29, 1.82) is 0 Å². The number of benzene rings is 5. The largest absolute Gasteiger partial charge is 0.496 e. The number of Topliss-reactive ketones (excluding diaryl/α,β-unsaturated/α-hetero) is 1. The molecule has 4 nitrogen and oxygen atoms in total. The van der Waals surface area contributed by atoms with Crippen LogP contribution in [0.4, 0.5) is 0 Å². The van der Waals surface area contributed by atoms with Gasteiger partial charge in [-0.2, -0.15) is 0 Å². The van der Waals surface area contributed by atoms with Crippen molar-refractivity contribution >= 4 is 11.8 Å². The minimum absolute atomic E-state index is 0.0513. The molecule has 0 spiro atoms. The summed E-state index contributed by atoms with van der Waals surface area (Å²) in [6.07, 6.45) is 0.699. The molecule has 0 atom stereocenters. The van der Waals surface area contributed by atoms with Crippen molar-refractivity contribution in [2.75, 3.05) is 7.11 Å². The topological polar surface area (TPSA) is 52.6 Å². The van der Waals surface area contributed by atoms with Crippen LogP contribution in [0.1, 0.15) is 38.8 Å². The standard InChI is InChI=1S/C35H28O4/c1-24(36)27-15-17-30(18-16-27)35(37)39-34-20-14-26(23-32(34)29-11-7-4-8-12-29)21-25-13-19-33(38-2)31(22-25)28-9-5-3-6-10-28/h3-20,22-23H,21H2,1-2H3. The Hall–Kier alpha value is -4.96. The van der Waals surface area contributed by atoms with Crippen molar-refractivity contribution in [3.8, 4) is 33.8 Å². The van der Waals surface area contributed by atoms with Gasteiger partial charge in [-0.3, -0.25) is 4.79 Å². The second kappa shape index (κ2) is 11.6. The third-order valence-electron chi connectivity index (χ3n) is 6.62. The minimum atomic E-state index is -0.474. The Bertz CT molecular complexity index is 1600. The molecule has 0 unspecified atom stereocenters. The summed E-state index contributed by atoms with van der Waals surface area (Å²) in [7, 11) is 1.69. The van der Waals surface area contributed by atoms with Gasteiger partial charge in [0, 0.05) is 16.7 Å². The van der Waals surface area contributed by atoms with Crippen molar-refractivity contribution in [3.63, 3.8) is 0 Å². The van der Waals surface area contributed by atoms with E-state index in [0.717, 1.165) is 39.1 Å². The zero-order valence-electron chi connectivity index (χ0n) is 21.9. The molecule has 5 aromatic carbocycles. The minimum Gasteiger partial charge on any atom is -0.496 e. The lowest BCUT2D eigenvalue weighted by molar-refractivity contribution is 0.0735. The quantitative estimate of drug-likeness (QED) is 0.120. The average Bonchev–Trinajstić information content (AvgIpc) is 2.98. The fourth-order valence-corrected chi connectivity index (χ4v) is 4.56. The Morgan fingerprint density at radius 2 is 1.08 bits per heavy atom. The van der Waals surface area contributed by atoms with Gasteiger partial charge in [-0.25, -0.2) is 4.79 Å². The van der Waals surface area contributed by atoms with E-state index in [2.05, 4.69) is 30.3 Å². The number of hydrogen-bond acceptors (Lipinski definition) is 4. The van der Waals surface area contributed by atoms with Crippen LogP contribution in [-0.4, -0.2) is 18.9 Å². The molecule has 0 heterocycles. The van der Waals surface area contributed by atoms with E-state index in [1.807, 2.05) is 66.7 Å². The lowest BCUT2D eigenvalue weighted by Crippen LogP contribution is -2.09. The SMILES string of the molecule is COc1ccc(Cc2ccc(OC(=O)c3ccc(C(C)=O)cc3)c(-c3ccccc3)c2)cc1-c1ccccc1. The van der Waals surface area contributed by atoms with Gasteiger partial charge in [0.15, 0.2) is 5.78 Å². The monoisotopic (exact) mass is 512 g/mol. The van der Waals surface area contributed by atoms with Crippen LogP contribution < -0.4 is 9.47 Å². The predicted octanol–water partition coefficient (Wildman–Crippen LogP) is 8.04. The lowest BCUT2D eigenvalue weighted by atomic mass is 9.96. The number of carbonyl (C=O) groups excluding carboxylic acids is 2. The van der Waals surface area contributed by atoms with Crippen LogP contribution in [0.2, 0.25) is 0 Å². The average molecular weight is 513 g/mol.